The standard InChI is InChI=1S/C19H19N3O/c1-14-6-5-9-16(10-14)19(23)21-18-11-20-22(13-18)12-17-8-4-3-7-15(17)2/h3-11,13H,12H2,1-2H3,(H,21,23). The molecule has 23 heavy (non-hydrogen) atoms. The smallest absolute Gasteiger partial charge is 0.255 e. The predicted octanol–water partition coefficient (Wildman–Crippen LogP) is 3.80. The molecule has 1 N–H and O–H groups in total. The summed E-state index contributed by atoms with van der Waals surface area (Å²) in [6.07, 6.45) is 3.52. The van der Waals surface area contributed by atoms with Gasteiger partial charge in [0.2, 0.25) is 0 Å². The van der Waals surface area contributed by atoms with Crippen LogP contribution in [0.3, 0.4) is 0 Å². The van der Waals surface area contributed by atoms with Crippen LogP contribution in [0.4, 0.5) is 5.69 Å². The van der Waals surface area contributed by atoms with Crippen molar-refractivity contribution in [2.24, 2.45) is 0 Å². The number of rotatable bonds is 4. The fraction of sp³-hybridized carbons (Fsp3) is 0.158. The molecule has 0 saturated heterocycles. The molecule has 2 aromatic carbocycles. The van der Waals surface area contributed by atoms with Gasteiger partial charge >= 0.3 is 0 Å². The Morgan fingerprint density at radius 3 is 2.74 bits per heavy atom. The molecular formula is C19H19N3O. The first-order valence-electron chi connectivity index (χ1n) is 7.57. The maximum Gasteiger partial charge on any atom is 0.255 e. The molecule has 0 aliphatic rings. The summed E-state index contributed by atoms with van der Waals surface area (Å²) in [5.74, 6) is -0.121. The molecule has 0 bridgehead atoms. The zero-order chi connectivity index (χ0) is 16.2. The van der Waals surface area contributed by atoms with Gasteiger partial charge in [-0.15, -0.1) is 0 Å². The van der Waals surface area contributed by atoms with E-state index in [-0.39, 0.29) is 5.91 Å². The van der Waals surface area contributed by atoms with E-state index in [2.05, 4.69) is 29.5 Å². The zero-order valence-corrected chi connectivity index (χ0v) is 13.3. The molecule has 0 unspecified atom stereocenters. The molecule has 3 aromatic rings. The summed E-state index contributed by atoms with van der Waals surface area (Å²) in [4.78, 5) is 12.2. The number of benzene rings is 2. The van der Waals surface area contributed by atoms with E-state index < -0.39 is 0 Å². The van der Waals surface area contributed by atoms with Crippen molar-refractivity contribution in [3.05, 3.63) is 83.2 Å². The number of aromatic nitrogens is 2. The summed E-state index contributed by atoms with van der Waals surface area (Å²) in [6.45, 7) is 4.74. The van der Waals surface area contributed by atoms with Crippen molar-refractivity contribution in [3.63, 3.8) is 0 Å². The van der Waals surface area contributed by atoms with Crippen LogP contribution >= 0.6 is 0 Å². The minimum atomic E-state index is -0.121. The Morgan fingerprint density at radius 2 is 1.96 bits per heavy atom. The number of amides is 1. The average molecular weight is 305 g/mol. The van der Waals surface area contributed by atoms with Gasteiger partial charge in [0.25, 0.3) is 5.91 Å². The van der Waals surface area contributed by atoms with E-state index in [0.717, 1.165) is 5.56 Å². The Hall–Kier alpha value is -2.88. The number of carbonyl (C=O) groups excluding carboxylic acids is 1. The summed E-state index contributed by atoms with van der Waals surface area (Å²) in [5.41, 5.74) is 4.86. The highest BCUT2D eigenvalue weighted by molar-refractivity contribution is 6.04. The van der Waals surface area contributed by atoms with E-state index >= 15 is 0 Å². The van der Waals surface area contributed by atoms with Gasteiger partial charge in [0.05, 0.1) is 18.4 Å². The molecule has 3 rings (SSSR count). The zero-order valence-electron chi connectivity index (χ0n) is 13.3. The molecule has 1 amide bonds. The minimum absolute atomic E-state index is 0.121. The van der Waals surface area contributed by atoms with Crippen LogP contribution in [0.2, 0.25) is 0 Å². The third kappa shape index (κ3) is 3.66. The number of nitrogens with one attached hydrogen (secondary N) is 1. The van der Waals surface area contributed by atoms with Gasteiger partial charge in [-0.05, 0) is 37.1 Å². The first-order chi connectivity index (χ1) is 11.1. The molecule has 0 fully saturated rings. The molecule has 0 aliphatic heterocycles. The van der Waals surface area contributed by atoms with Crippen LogP contribution in [0, 0.1) is 13.8 Å². The molecular weight excluding hydrogens is 286 g/mol. The number of aryl methyl sites for hydroxylation is 2. The van der Waals surface area contributed by atoms with E-state index in [1.807, 2.05) is 48.1 Å². The van der Waals surface area contributed by atoms with Gasteiger partial charge in [-0.1, -0.05) is 42.0 Å². The Labute approximate surface area is 135 Å². The van der Waals surface area contributed by atoms with Crippen LogP contribution in [-0.4, -0.2) is 15.7 Å². The lowest BCUT2D eigenvalue weighted by molar-refractivity contribution is 0.102. The van der Waals surface area contributed by atoms with Gasteiger partial charge in [0.15, 0.2) is 0 Å². The summed E-state index contributed by atoms with van der Waals surface area (Å²) in [6, 6.07) is 15.7. The highest BCUT2D eigenvalue weighted by Gasteiger charge is 2.08. The number of carbonyl (C=O) groups is 1. The maximum atomic E-state index is 12.2. The first-order valence-corrected chi connectivity index (χ1v) is 7.57. The van der Waals surface area contributed by atoms with Gasteiger partial charge in [-0.2, -0.15) is 5.10 Å². The number of anilines is 1. The molecule has 0 radical (unpaired) electrons. The van der Waals surface area contributed by atoms with Crippen LogP contribution in [0.25, 0.3) is 0 Å². The molecule has 0 aliphatic carbocycles. The lowest BCUT2D eigenvalue weighted by Crippen LogP contribution is -2.11. The SMILES string of the molecule is Cc1cccc(C(=O)Nc2cnn(Cc3ccccc3C)c2)c1. The highest BCUT2D eigenvalue weighted by atomic mass is 16.1. The fourth-order valence-electron chi connectivity index (χ4n) is 2.47. The van der Waals surface area contributed by atoms with E-state index in [1.165, 1.54) is 11.1 Å². The Morgan fingerprint density at radius 1 is 1.13 bits per heavy atom. The summed E-state index contributed by atoms with van der Waals surface area (Å²) in [5, 5.41) is 7.20. The number of hydrogen-bond donors (Lipinski definition) is 1. The predicted molar refractivity (Wildman–Crippen MR) is 91.6 cm³/mol. The maximum absolute atomic E-state index is 12.2. The van der Waals surface area contributed by atoms with Crippen LogP contribution in [0.5, 0.6) is 0 Å². The van der Waals surface area contributed by atoms with E-state index in [9.17, 15) is 4.79 Å². The quantitative estimate of drug-likeness (QED) is 0.797. The van der Waals surface area contributed by atoms with Crippen LogP contribution in [0.15, 0.2) is 60.9 Å². The second kappa shape index (κ2) is 6.48. The Bertz CT molecular complexity index is 836. The van der Waals surface area contributed by atoms with E-state index in [0.29, 0.717) is 17.8 Å². The van der Waals surface area contributed by atoms with Gasteiger partial charge in [0.1, 0.15) is 0 Å². The van der Waals surface area contributed by atoms with Crippen molar-refractivity contribution in [3.8, 4) is 0 Å². The van der Waals surface area contributed by atoms with E-state index in [4.69, 9.17) is 0 Å². The molecule has 1 aromatic heterocycles. The van der Waals surface area contributed by atoms with Gasteiger partial charge in [-0.3, -0.25) is 9.48 Å². The molecule has 4 heteroatoms. The van der Waals surface area contributed by atoms with Crippen molar-refractivity contribution in [2.75, 3.05) is 5.32 Å². The topological polar surface area (TPSA) is 46.9 Å². The molecule has 1 heterocycles. The molecule has 4 nitrogen and oxygen atoms in total. The highest BCUT2D eigenvalue weighted by Crippen LogP contribution is 2.13. The van der Waals surface area contributed by atoms with Gasteiger partial charge in [-0.25, -0.2) is 0 Å². The average Bonchev–Trinajstić information content (AvgIpc) is 2.97. The van der Waals surface area contributed by atoms with Crippen molar-refractivity contribution >= 4 is 11.6 Å². The molecule has 0 saturated carbocycles. The fourth-order valence-corrected chi connectivity index (χ4v) is 2.47. The molecule has 0 atom stereocenters. The van der Waals surface area contributed by atoms with Gasteiger partial charge < -0.3 is 5.32 Å². The monoisotopic (exact) mass is 305 g/mol. The van der Waals surface area contributed by atoms with Gasteiger partial charge in [0, 0.05) is 11.8 Å². The third-order valence-electron chi connectivity index (χ3n) is 3.76. The first kappa shape index (κ1) is 15.0. The summed E-state index contributed by atoms with van der Waals surface area (Å²) in [7, 11) is 0. The third-order valence-corrected chi connectivity index (χ3v) is 3.76. The van der Waals surface area contributed by atoms with Crippen LogP contribution in [0.1, 0.15) is 27.0 Å². The largest absolute Gasteiger partial charge is 0.319 e. The Kier molecular flexibility index (Phi) is 4.24. The van der Waals surface area contributed by atoms with Crippen molar-refractivity contribution in [1.29, 1.82) is 0 Å². The van der Waals surface area contributed by atoms with Crippen LogP contribution in [-0.2, 0) is 6.54 Å². The lowest BCUT2D eigenvalue weighted by atomic mass is 10.1. The van der Waals surface area contributed by atoms with Crippen molar-refractivity contribution in [2.45, 2.75) is 20.4 Å². The second-order valence-electron chi connectivity index (χ2n) is 5.68. The lowest BCUT2D eigenvalue weighted by Gasteiger charge is -2.05. The normalized spacial score (nSPS) is 10.5. The molecule has 116 valence electrons. The number of nitrogens with zero attached hydrogens (tertiary/aromatic N) is 2. The van der Waals surface area contributed by atoms with Crippen molar-refractivity contribution < 1.29 is 4.79 Å². The summed E-state index contributed by atoms with van der Waals surface area (Å²) >= 11 is 0. The van der Waals surface area contributed by atoms with Crippen molar-refractivity contribution in [1.82, 2.24) is 9.78 Å². The number of hydrogen-bond acceptors (Lipinski definition) is 2. The summed E-state index contributed by atoms with van der Waals surface area (Å²) < 4.78 is 1.83. The van der Waals surface area contributed by atoms with Crippen LogP contribution < -0.4 is 5.32 Å². The van der Waals surface area contributed by atoms with E-state index in [1.54, 1.807) is 12.3 Å². The Balaban J connectivity index is 1.70. The molecule has 0 spiro atoms. The minimum Gasteiger partial charge on any atom is -0.319 e. The second-order valence-corrected chi connectivity index (χ2v) is 5.68.